The Balaban J connectivity index is 3.34. The van der Waals surface area contributed by atoms with E-state index in [2.05, 4.69) is 10.5 Å². The molecule has 7 heteroatoms. The van der Waals surface area contributed by atoms with E-state index in [1.54, 1.807) is 0 Å². The number of carbonyl (C=O) groups excluding carboxylic acids is 1. The van der Waals surface area contributed by atoms with Gasteiger partial charge in [0.1, 0.15) is 11.9 Å². The number of rotatable bonds is 7. The first-order chi connectivity index (χ1) is 6.57. The van der Waals surface area contributed by atoms with Crippen LogP contribution in [0.5, 0.6) is 0 Å². The van der Waals surface area contributed by atoms with Crippen LogP contribution in [0.25, 0.3) is 0 Å². The quantitative estimate of drug-likeness (QED) is 0.107. The van der Waals surface area contributed by atoms with Crippen LogP contribution in [0, 0.1) is 0 Å². The molecule has 0 aromatic carbocycles. The first kappa shape index (κ1) is 12.7. The zero-order chi connectivity index (χ0) is 11.0. The lowest BCUT2D eigenvalue weighted by atomic mass is 10.3. The molecule has 14 heavy (non-hydrogen) atoms. The van der Waals surface area contributed by atoms with Gasteiger partial charge < -0.3 is 27.1 Å². The van der Waals surface area contributed by atoms with Crippen molar-refractivity contribution in [2.75, 3.05) is 13.1 Å². The molecule has 0 aliphatic carbocycles. The lowest BCUT2D eigenvalue weighted by molar-refractivity contribution is -0.125. The molecule has 0 fully saturated rings. The number of amidine groups is 1. The third kappa shape index (κ3) is 6.21. The Morgan fingerprint density at radius 3 is 2.64 bits per heavy atom. The summed E-state index contributed by atoms with van der Waals surface area (Å²) >= 11 is 0. The number of carbonyl (C=O) groups is 1. The third-order valence-corrected chi connectivity index (χ3v) is 1.58. The highest BCUT2D eigenvalue weighted by atomic mass is 16.4. The molecule has 0 aliphatic rings. The summed E-state index contributed by atoms with van der Waals surface area (Å²) in [6, 6.07) is 0. The predicted molar refractivity (Wildman–Crippen MR) is 50.7 cm³/mol. The number of hydrogen-bond donors (Lipinski definition) is 5. The van der Waals surface area contributed by atoms with Crippen LogP contribution in [-0.2, 0) is 4.79 Å². The van der Waals surface area contributed by atoms with Crippen molar-refractivity contribution in [1.29, 1.82) is 0 Å². The molecule has 0 saturated carbocycles. The largest absolute Gasteiger partial charge is 0.409 e. The molecule has 0 radical (unpaired) electrons. The van der Waals surface area contributed by atoms with Crippen LogP contribution < -0.4 is 16.8 Å². The first-order valence-electron chi connectivity index (χ1n) is 4.22. The average molecular weight is 204 g/mol. The van der Waals surface area contributed by atoms with Crippen molar-refractivity contribution in [1.82, 2.24) is 5.32 Å². The van der Waals surface area contributed by atoms with Crippen LogP contribution in [-0.4, -0.2) is 41.3 Å². The first-order valence-corrected chi connectivity index (χ1v) is 4.22. The van der Waals surface area contributed by atoms with Gasteiger partial charge in [0.05, 0.1) is 0 Å². The van der Waals surface area contributed by atoms with Gasteiger partial charge in [0, 0.05) is 13.0 Å². The number of aliphatic hydroxyl groups excluding tert-OH is 1. The molecular weight excluding hydrogens is 188 g/mol. The van der Waals surface area contributed by atoms with Crippen LogP contribution in [0.2, 0.25) is 0 Å². The van der Waals surface area contributed by atoms with Crippen LogP contribution in [0.15, 0.2) is 5.16 Å². The number of amides is 1. The summed E-state index contributed by atoms with van der Waals surface area (Å²) in [5.41, 5.74) is 10.0. The maximum absolute atomic E-state index is 10.4. The van der Waals surface area contributed by atoms with E-state index < -0.39 is 12.0 Å². The van der Waals surface area contributed by atoms with E-state index in [4.69, 9.17) is 21.8 Å². The number of primary amides is 1. The van der Waals surface area contributed by atoms with E-state index in [1.165, 1.54) is 0 Å². The number of oxime groups is 1. The summed E-state index contributed by atoms with van der Waals surface area (Å²) in [5.74, 6) is -0.601. The van der Waals surface area contributed by atoms with Gasteiger partial charge in [-0.05, 0) is 13.0 Å². The van der Waals surface area contributed by atoms with Gasteiger partial charge in [-0.25, -0.2) is 0 Å². The van der Waals surface area contributed by atoms with E-state index in [-0.39, 0.29) is 12.4 Å². The minimum Gasteiger partial charge on any atom is -0.409 e. The van der Waals surface area contributed by atoms with E-state index >= 15 is 0 Å². The fraction of sp³-hybridized carbons (Fsp3) is 0.714. The SMILES string of the molecule is NC(=O)C(O)CNCCCC(N)=NO. The smallest absolute Gasteiger partial charge is 0.247 e. The highest BCUT2D eigenvalue weighted by molar-refractivity contribution is 5.79. The Morgan fingerprint density at radius 1 is 1.50 bits per heavy atom. The summed E-state index contributed by atoms with van der Waals surface area (Å²) in [5, 5.41) is 22.7. The lowest BCUT2D eigenvalue weighted by Gasteiger charge is -2.07. The van der Waals surface area contributed by atoms with Gasteiger partial charge >= 0.3 is 0 Å². The zero-order valence-electron chi connectivity index (χ0n) is 7.81. The molecule has 0 rings (SSSR count). The van der Waals surface area contributed by atoms with Crippen molar-refractivity contribution in [2.24, 2.45) is 16.6 Å². The monoisotopic (exact) mass is 204 g/mol. The molecule has 1 amide bonds. The number of nitrogens with one attached hydrogen (secondary N) is 1. The van der Waals surface area contributed by atoms with Crippen LogP contribution >= 0.6 is 0 Å². The van der Waals surface area contributed by atoms with E-state index in [9.17, 15) is 4.79 Å². The highest BCUT2D eigenvalue weighted by Gasteiger charge is 2.08. The summed E-state index contributed by atoms with van der Waals surface area (Å²) in [6.07, 6.45) is -0.0591. The molecule has 0 saturated heterocycles. The maximum Gasteiger partial charge on any atom is 0.247 e. The molecule has 7 N–H and O–H groups in total. The number of nitrogens with two attached hydrogens (primary N) is 2. The van der Waals surface area contributed by atoms with Crippen molar-refractivity contribution >= 4 is 11.7 Å². The van der Waals surface area contributed by atoms with E-state index in [0.29, 0.717) is 19.4 Å². The van der Waals surface area contributed by atoms with Gasteiger partial charge in [-0.15, -0.1) is 0 Å². The van der Waals surface area contributed by atoms with Gasteiger partial charge in [0.25, 0.3) is 0 Å². The van der Waals surface area contributed by atoms with Crippen molar-refractivity contribution in [3.63, 3.8) is 0 Å². The van der Waals surface area contributed by atoms with Crippen LogP contribution in [0.1, 0.15) is 12.8 Å². The van der Waals surface area contributed by atoms with Gasteiger partial charge in [0.15, 0.2) is 0 Å². The molecule has 0 bridgehead atoms. The van der Waals surface area contributed by atoms with Crippen molar-refractivity contribution < 1.29 is 15.1 Å². The number of hydrogen-bond acceptors (Lipinski definition) is 5. The van der Waals surface area contributed by atoms with E-state index in [1.807, 2.05) is 0 Å². The molecule has 0 aromatic rings. The summed E-state index contributed by atoms with van der Waals surface area (Å²) in [4.78, 5) is 10.4. The summed E-state index contributed by atoms with van der Waals surface area (Å²) < 4.78 is 0. The van der Waals surface area contributed by atoms with Gasteiger partial charge in [-0.1, -0.05) is 5.16 Å². The molecule has 1 atom stereocenters. The molecule has 0 heterocycles. The Kier molecular flexibility index (Phi) is 6.42. The third-order valence-electron chi connectivity index (χ3n) is 1.58. The minimum atomic E-state index is -1.17. The second-order valence-electron chi connectivity index (χ2n) is 2.82. The molecule has 7 nitrogen and oxygen atoms in total. The van der Waals surface area contributed by atoms with Gasteiger partial charge in [0.2, 0.25) is 5.91 Å². The number of aliphatic hydroxyl groups is 1. The maximum atomic E-state index is 10.4. The Bertz CT molecular complexity index is 207. The topological polar surface area (TPSA) is 134 Å². The predicted octanol–water partition coefficient (Wildman–Crippen LogP) is -2.05. The molecule has 82 valence electrons. The highest BCUT2D eigenvalue weighted by Crippen LogP contribution is 1.87. The van der Waals surface area contributed by atoms with E-state index in [0.717, 1.165) is 0 Å². The Hall–Kier alpha value is -1.34. The standard InChI is InChI=1S/C7H16N4O3/c8-6(11-14)2-1-3-10-4-5(12)7(9)13/h5,10,12,14H,1-4H2,(H2,8,11)(H2,9,13). The van der Waals surface area contributed by atoms with Crippen LogP contribution in [0.4, 0.5) is 0 Å². The van der Waals surface area contributed by atoms with Crippen molar-refractivity contribution in [2.45, 2.75) is 18.9 Å². The fourth-order valence-corrected chi connectivity index (χ4v) is 0.784. The lowest BCUT2D eigenvalue weighted by Crippen LogP contribution is -2.38. The van der Waals surface area contributed by atoms with Gasteiger partial charge in [-0.2, -0.15) is 0 Å². The summed E-state index contributed by atoms with van der Waals surface area (Å²) in [7, 11) is 0. The average Bonchev–Trinajstić information content (AvgIpc) is 2.16. The fourth-order valence-electron chi connectivity index (χ4n) is 0.784. The minimum absolute atomic E-state index is 0.117. The van der Waals surface area contributed by atoms with Crippen molar-refractivity contribution in [3.8, 4) is 0 Å². The zero-order valence-corrected chi connectivity index (χ0v) is 7.81. The Morgan fingerprint density at radius 2 is 2.14 bits per heavy atom. The number of nitrogens with zero attached hydrogens (tertiary/aromatic N) is 1. The Labute approximate surface area is 81.8 Å². The molecule has 0 aromatic heterocycles. The molecular formula is C7H16N4O3. The molecule has 0 aliphatic heterocycles. The molecule has 1 unspecified atom stereocenters. The summed E-state index contributed by atoms with van der Waals surface area (Å²) in [6.45, 7) is 0.673. The van der Waals surface area contributed by atoms with Crippen molar-refractivity contribution in [3.05, 3.63) is 0 Å². The second kappa shape index (κ2) is 7.10. The second-order valence-corrected chi connectivity index (χ2v) is 2.82. The normalized spacial score (nSPS) is 13.9. The van der Waals surface area contributed by atoms with Gasteiger partial charge in [-0.3, -0.25) is 4.79 Å². The molecule has 0 spiro atoms. The van der Waals surface area contributed by atoms with Crippen LogP contribution in [0.3, 0.4) is 0 Å².